The third-order valence-electron chi connectivity index (χ3n) is 2.39. The zero-order valence-corrected chi connectivity index (χ0v) is 11.8. The van der Waals surface area contributed by atoms with Gasteiger partial charge in [0.2, 0.25) is 0 Å². The zero-order valence-electron chi connectivity index (χ0n) is 11.0. The van der Waals surface area contributed by atoms with Crippen molar-refractivity contribution in [1.82, 2.24) is 5.32 Å². The standard InChI is InChI=1S/C13H20ClN3O/c1-9(2)7-16-13(15)17-8-10-11(14)5-4-6-12(10)18-3/h4-6,9H,7-8H2,1-3H3,(H3,15,16,17). The topological polar surface area (TPSA) is 59.6 Å². The lowest BCUT2D eigenvalue weighted by atomic mass is 10.2. The Morgan fingerprint density at radius 1 is 1.50 bits per heavy atom. The molecule has 3 N–H and O–H groups in total. The molecule has 1 rings (SSSR count). The molecule has 100 valence electrons. The fourth-order valence-corrected chi connectivity index (χ4v) is 1.64. The Bertz CT molecular complexity index is 419. The van der Waals surface area contributed by atoms with Crippen LogP contribution in [0.15, 0.2) is 23.2 Å². The van der Waals surface area contributed by atoms with Gasteiger partial charge in [0.25, 0.3) is 0 Å². The molecule has 0 spiro atoms. The largest absolute Gasteiger partial charge is 0.496 e. The van der Waals surface area contributed by atoms with Gasteiger partial charge in [-0.3, -0.25) is 0 Å². The lowest BCUT2D eigenvalue weighted by Crippen LogP contribution is -2.34. The molecule has 0 saturated carbocycles. The van der Waals surface area contributed by atoms with Crippen LogP contribution in [0.25, 0.3) is 0 Å². The van der Waals surface area contributed by atoms with Crippen molar-refractivity contribution >= 4 is 17.6 Å². The number of halogens is 1. The molecule has 5 heteroatoms. The van der Waals surface area contributed by atoms with Gasteiger partial charge in [0.05, 0.1) is 13.7 Å². The highest BCUT2D eigenvalue weighted by molar-refractivity contribution is 6.31. The van der Waals surface area contributed by atoms with Crippen molar-refractivity contribution in [3.05, 3.63) is 28.8 Å². The smallest absolute Gasteiger partial charge is 0.188 e. The average Bonchev–Trinajstić information content (AvgIpc) is 2.34. The van der Waals surface area contributed by atoms with Gasteiger partial charge in [0.1, 0.15) is 5.75 Å². The van der Waals surface area contributed by atoms with Crippen molar-refractivity contribution in [2.75, 3.05) is 13.7 Å². The van der Waals surface area contributed by atoms with Gasteiger partial charge in [-0.05, 0) is 18.1 Å². The predicted molar refractivity (Wildman–Crippen MR) is 76.2 cm³/mol. The van der Waals surface area contributed by atoms with E-state index in [1.165, 1.54) is 0 Å². The molecule has 0 saturated heterocycles. The summed E-state index contributed by atoms with van der Waals surface area (Å²) in [5, 5.41) is 3.69. The summed E-state index contributed by atoms with van der Waals surface area (Å²) in [6.07, 6.45) is 0. The Morgan fingerprint density at radius 3 is 2.83 bits per heavy atom. The van der Waals surface area contributed by atoms with Crippen LogP contribution in [-0.2, 0) is 6.54 Å². The molecule has 0 aliphatic carbocycles. The Kier molecular flexibility index (Phi) is 5.78. The van der Waals surface area contributed by atoms with Crippen molar-refractivity contribution in [3.8, 4) is 5.75 Å². The number of nitrogens with one attached hydrogen (secondary N) is 1. The molecular formula is C13H20ClN3O. The van der Waals surface area contributed by atoms with E-state index in [1.54, 1.807) is 7.11 Å². The van der Waals surface area contributed by atoms with Gasteiger partial charge in [-0.15, -0.1) is 0 Å². The first-order valence-electron chi connectivity index (χ1n) is 5.89. The molecule has 0 aliphatic rings. The number of ether oxygens (including phenoxy) is 1. The van der Waals surface area contributed by atoms with Crippen LogP contribution in [0.2, 0.25) is 5.02 Å². The first-order valence-corrected chi connectivity index (χ1v) is 6.27. The van der Waals surface area contributed by atoms with E-state index in [9.17, 15) is 0 Å². The fourth-order valence-electron chi connectivity index (χ4n) is 1.41. The van der Waals surface area contributed by atoms with E-state index in [0.29, 0.717) is 23.4 Å². The second-order valence-corrected chi connectivity index (χ2v) is 4.80. The number of aliphatic imine (C=N–C) groups is 1. The second kappa shape index (κ2) is 7.11. The Labute approximate surface area is 113 Å². The van der Waals surface area contributed by atoms with Crippen molar-refractivity contribution in [2.45, 2.75) is 20.4 Å². The Morgan fingerprint density at radius 2 is 2.22 bits per heavy atom. The summed E-state index contributed by atoms with van der Waals surface area (Å²) in [6.45, 7) is 5.42. The monoisotopic (exact) mass is 269 g/mol. The average molecular weight is 270 g/mol. The fraction of sp³-hybridized carbons (Fsp3) is 0.462. The second-order valence-electron chi connectivity index (χ2n) is 4.40. The number of hydrogen-bond acceptors (Lipinski definition) is 2. The Balaban J connectivity index is 2.70. The summed E-state index contributed by atoms with van der Waals surface area (Å²) >= 11 is 6.11. The first kappa shape index (κ1) is 14.6. The van der Waals surface area contributed by atoms with Crippen molar-refractivity contribution in [3.63, 3.8) is 0 Å². The number of nitrogens with two attached hydrogens (primary N) is 1. The Hall–Kier alpha value is -1.42. The molecule has 0 atom stereocenters. The van der Waals surface area contributed by atoms with Crippen LogP contribution >= 0.6 is 11.6 Å². The minimum Gasteiger partial charge on any atom is -0.496 e. The van der Waals surface area contributed by atoms with Crippen molar-refractivity contribution < 1.29 is 4.74 Å². The molecule has 0 amide bonds. The summed E-state index contributed by atoms with van der Waals surface area (Å²) < 4.78 is 5.24. The summed E-state index contributed by atoms with van der Waals surface area (Å²) in [4.78, 5) is 4.25. The van der Waals surface area contributed by atoms with Gasteiger partial charge < -0.3 is 15.8 Å². The highest BCUT2D eigenvalue weighted by Gasteiger charge is 2.06. The van der Waals surface area contributed by atoms with E-state index in [4.69, 9.17) is 22.1 Å². The lowest BCUT2D eigenvalue weighted by molar-refractivity contribution is 0.410. The molecule has 1 aromatic carbocycles. The van der Waals surface area contributed by atoms with Gasteiger partial charge in [-0.2, -0.15) is 0 Å². The van der Waals surface area contributed by atoms with Crippen LogP contribution in [-0.4, -0.2) is 19.6 Å². The van der Waals surface area contributed by atoms with Crippen LogP contribution in [0.4, 0.5) is 0 Å². The minimum absolute atomic E-state index is 0.403. The number of benzene rings is 1. The third kappa shape index (κ3) is 4.45. The molecule has 0 unspecified atom stereocenters. The van der Waals surface area contributed by atoms with E-state index in [2.05, 4.69) is 24.2 Å². The maximum Gasteiger partial charge on any atom is 0.188 e. The van der Waals surface area contributed by atoms with E-state index in [-0.39, 0.29) is 0 Å². The van der Waals surface area contributed by atoms with Crippen molar-refractivity contribution in [2.24, 2.45) is 16.6 Å². The molecule has 0 aromatic heterocycles. The molecule has 1 aromatic rings. The minimum atomic E-state index is 0.403. The summed E-state index contributed by atoms with van der Waals surface area (Å²) in [7, 11) is 1.61. The van der Waals surface area contributed by atoms with E-state index in [1.807, 2.05) is 18.2 Å². The number of nitrogens with zero attached hydrogens (tertiary/aromatic N) is 1. The SMILES string of the molecule is COc1cccc(Cl)c1CN=C(N)NCC(C)C. The van der Waals surface area contributed by atoms with Crippen LogP contribution in [0.5, 0.6) is 5.75 Å². The molecule has 4 nitrogen and oxygen atoms in total. The molecule has 18 heavy (non-hydrogen) atoms. The molecule has 0 radical (unpaired) electrons. The normalized spacial score (nSPS) is 11.7. The molecular weight excluding hydrogens is 250 g/mol. The first-order chi connectivity index (χ1) is 8.54. The van der Waals surface area contributed by atoms with Gasteiger partial charge in [-0.1, -0.05) is 31.5 Å². The van der Waals surface area contributed by atoms with E-state index < -0.39 is 0 Å². The maximum atomic E-state index is 6.11. The predicted octanol–water partition coefficient (Wildman–Crippen LogP) is 2.41. The number of methoxy groups -OCH3 is 1. The highest BCUT2D eigenvalue weighted by atomic mass is 35.5. The van der Waals surface area contributed by atoms with Gasteiger partial charge in [-0.25, -0.2) is 4.99 Å². The number of hydrogen-bond donors (Lipinski definition) is 2. The van der Waals surface area contributed by atoms with Crippen LogP contribution in [0, 0.1) is 5.92 Å². The van der Waals surface area contributed by atoms with Crippen LogP contribution < -0.4 is 15.8 Å². The van der Waals surface area contributed by atoms with E-state index in [0.717, 1.165) is 17.9 Å². The maximum absolute atomic E-state index is 6.11. The van der Waals surface area contributed by atoms with Gasteiger partial charge in [0, 0.05) is 17.1 Å². The highest BCUT2D eigenvalue weighted by Crippen LogP contribution is 2.26. The summed E-state index contributed by atoms with van der Waals surface area (Å²) in [6, 6.07) is 5.51. The molecule has 0 aliphatic heterocycles. The van der Waals surface area contributed by atoms with Crippen LogP contribution in [0.1, 0.15) is 19.4 Å². The number of guanidine groups is 1. The number of rotatable bonds is 5. The van der Waals surface area contributed by atoms with Gasteiger partial charge >= 0.3 is 0 Å². The third-order valence-corrected chi connectivity index (χ3v) is 2.75. The van der Waals surface area contributed by atoms with Crippen molar-refractivity contribution in [1.29, 1.82) is 0 Å². The quantitative estimate of drug-likeness (QED) is 0.637. The molecule has 0 fully saturated rings. The van der Waals surface area contributed by atoms with E-state index >= 15 is 0 Å². The molecule has 0 bridgehead atoms. The zero-order chi connectivity index (χ0) is 13.5. The molecule has 0 heterocycles. The summed E-state index contributed by atoms with van der Waals surface area (Å²) in [5.41, 5.74) is 6.61. The van der Waals surface area contributed by atoms with Gasteiger partial charge in [0.15, 0.2) is 5.96 Å². The van der Waals surface area contributed by atoms with Crippen LogP contribution in [0.3, 0.4) is 0 Å². The lowest BCUT2D eigenvalue weighted by Gasteiger charge is -2.10. The summed E-state index contributed by atoms with van der Waals surface area (Å²) in [5.74, 6) is 1.67.